The van der Waals surface area contributed by atoms with Crippen LogP contribution in [0.15, 0.2) is 48.5 Å². The third-order valence-corrected chi connectivity index (χ3v) is 5.20. The van der Waals surface area contributed by atoms with Gasteiger partial charge < -0.3 is 14.6 Å². The molecule has 0 saturated carbocycles. The van der Waals surface area contributed by atoms with E-state index in [1.807, 2.05) is 48.5 Å². The molecule has 1 aliphatic rings. The van der Waals surface area contributed by atoms with Crippen molar-refractivity contribution in [2.24, 2.45) is 0 Å². The molecule has 0 atom stereocenters. The fourth-order valence-electron chi connectivity index (χ4n) is 3.52. The van der Waals surface area contributed by atoms with E-state index in [4.69, 9.17) is 4.74 Å². The smallest absolute Gasteiger partial charge is 0.262 e. The highest BCUT2D eigenvalue weighted by Crippen LogP contribution is 2.25. The maximum atomic E-state index is 12.2. The molecule has 150 valence electrons. The number of nitrogens with one attached hydrogen (secondary N) is 1. The number of hydrogen-bond donors (Lipinski definition) is 1. The van der Waals surface area contributed by atoms with Gasteiger partial charge in [0.25, 0.3) is 5.91 Å². The third kappa shape index (κ3) is 4.47. The molecule has 1 aliphatic heterocycles. The van der Waals surface area contributed by atoms with E-state index in [1.54, 1.807) is 0 Å². The second kappa shape index (κ2) is 8.47. The minimum atomic E-state index is -0.183. The second-order valence-corrected chi connectivity index (χ2v) is 7.69. The van der Waals surface area contributed by atoms with Gasteiger partial charge in [-0.2, -0.15) is 0 Å². The van der Waals surface area contributed by atoms with Crippen LogP contribution in [0.2, 0.25) is 0 Å². The minimum absolute atomic E-state index is 0.0361. The zero-order valence-electron chi connectivity index (χ0n) is 16.9. The van der Waals surface area contributed by atoms with Crippen molar-refractivity contribution in [2.45, 2.75) is 45.6 Å². The van der Waals surface area contributed by atoms with Crippen LogP contribution in [0, 0.1) is 0 Å². The molecule has 0 radical (unpaired) electrons. The van der Waals surface area contributed by atoms with Crippen LogP contribution in [0.1, 0.15) is 44.0 Å². The molecule has 29 heavy (non-hydrogen) atoms. The number of rotatable bonds is 6. The maximum absolute atomic E-state index is 12.2. The first-order chi connectivity index (χ1) is 14.1. The van der Waals surface area contributed by atoms with Gasteiger partial charge in [0.15, 0.2) is 12.4 Å². The number of carbonyl (C=O) groups is 1. The lowest BCUT2D eigenvalue weighted by Gasteiger charge is -2.14. The summed E-state index contributed by atoms with van der Waals surface area (Å²) in [6.45, 7) is 5.22. The highest BCUT2D eigenvalue weighted by atomic mass is 16.5. The van der Waals surface area contributed by atoms with Crippen molar-refractivity contribution in [3.8, 4) is 17.1 Å². The topological polar surface area (TPSA) is 69.0 Å². The van der Waals surface area contributed by atoms with Gasteiger partial charge in [0.1, 0.15) is 11.6 Å². The van der Waals surface area contributed by atoms with E-state index >= 15 is 0 Å². The predicted molar refractivity (Wildman–Crippen MR) is 113 cm³/mol. The summed E-state index contributed by atoms with van der Waals surface area (Å²) in [5.74, 6) is 2.89. The molecule has 2 aromatic carbocycles. The molecule has 0 fully saturated rings. The molecule has 2 heterocycles. The SMILES string of the molecule is CC(C)c1ccc(NC(=O)COc2ccc(-c3nnc4n3CCCC4)cc2)cc1. The first kappa shape index (κ1) is 19.2. The maximum Gasteiger partial charge on any atom is 0.262 e. The standard InChI is InChI=1S/C23H26N4O2/c1-16(2)17-6-10-19(11-7-17)24-22(28)15-29-20-12-8-18(9-13-20)23-26-25-21-5-3-4-14-27(21)23/h6-13,16H,3-5,14-15H2,1-2H3,(H,24,28). The number of aryl methyl sites for hydroxylation is 1. The van der Waals surface area contributed by atoms with Crippen LogP contribution >= 0.6 is 0 Å². The quantitative estimate of drug-likeness (QED) is 0.676. The number of ether oxygens (including phenoxy) is 1. The Morgan fingerprint density at radius 1 is 1.07 bits per heavy atom. The molecular formula is C23H26N4O2. The number of hydrogen-bond acceptors (Lipinski definition) is 4. The molecule has 0 bridgehead atoms. The van der Waals surface area contributed by atoms with Gasteiger partial charge in [0.05, 0.1) is 0 Å². The van der Waals surface area contributed by atoms with E-state index in [0.717, 1.165) is 42.3 Å². The Bertz CT molecular complexity index is 975. The lowest BCUT2D eigenvalue weighted by Crippen LogP contribution is -2.20. The Morgan fingerprint density at radius 2 is 1.83 bits per heavy atom. The summed E-state index contributed by atoms with van der Waals surface area (Å²) in [5, 5.41) is 11.5. The molecular weight excluding hydrogens is 364 g/mol. The summed E-state index contributed by atoms with van der Waals surface area (Å²) in [7, 11) is 0. The predicted octanol–water partition coefficient (Wildman–Crippen LogP) is 4.42. The van der Waals surface area contributed by atoms with Crippen molar-refractivity contribution in [3.63, 3.8) is 0 Å². The molecule has 4 rings (SSSR count). The van der Waals surface area contributed by atoms with Crippen molar-refractivity contribution < 1.29 is 9.53 Å². The Morgan fingerprint density at radius 3 is 2.55 bits per heavy atom. The highest BCUT2D eigenvalue weighted by molar-refractivity contribution is 5.91. The van der Waals surface area contributed by atoms with E-state index in [9.17, 15) is 4.79 Å². The number of carbonyl (C=O) groups excluding carboxylic acids is 1. The Hall–Kier alpha value is -3.15. The zero-order valence-corrected chi connectivity index (χ0v) is 16.9. The van der Waals surface area contributed by atoms with E-state index in [1.165, 1.54) is 12.0 Å². The van der Waals surface area contributed by atoms with E-state index in [0.29, 0.717) is 11.7 Å². The van der Waals surface area contributed by atoms with Gasteiger partial charge in [-0.1, -0.05) is 26.0 Å². The average Bonchev–Trinajstić information content (AvgIpc) is 3.17. The largest absolute Gasteiger partial charge is 0.484 e. The van der Waals surface area contributed by atoms with Crippen molar-refractivity contribution in [3.05, 3.63) is 59.9 Å². The lowest BCUT2D eigenvalue weighted by molar-refractivity contribution is -0.118. The van der Waals surface area contributed by atoms with Gasteiger partial charge in [-0.25, -0.2) is 0 Å². The molecule has 6 heteroatoms. The highest BCUT2D eigenvalue weighted by Gasteiger charge is 2.16. The third-order valence-electron chi connectivity index (χ3n) is 5.20. The number of amides is 1. The second-order valence-electron chi connectivity index (χ2n) is 7.69. The Kier molecular flexibility index (Phi) is 5.60. The van der Waals surface area contributed by atoms with Crippen LogP contribution in [0.4, 0.5) is 5.69 Å². The summed E-state index contributed by atoms with van der Waals surface area (Å²) < 4.78 is 7.82. The molecule has 3 aromatic rings. The van der Waals surface area contributed by atoms with E-state index in [-0.39, 0.29) is 12.5 Å². The number of nitrogens with zero attached hydrogens (tertiary/aromatic N) is 3. The minimum Gasteiger partial charge on any atom is -0.484 e. The Labute approximate surface area is 170 Å². The molecule has 1 amide bonds. The summed E-state index contributed by atoms with van der Waals surface area (Å²) in [5.41, 5.74) is 3.02. The molecule has 0 aliphatic carbocycles. The number of anilines is 1. The molecule has 0 unspecified atom stereocenters. The zero-order chi connectivity index (χ0) is 20.2. The monoisotopic (exact) mass is 390 g/mol. The van der Waals surface area contributed by atoms with Gasteiger partial charge in [0.2, 0.25) is 0 Å². The summed E-state index contributed by atoms with van der Waals surface area (Å²) in [6, 6.07) is 15.6. The van der Waals surface area contributed by atoms with Gasteiger partial charge in [-0.05, 0) is 60.7 Å². The number of benzene rings is 2. The van der Waals surface area contributed by atoms with E-state index < -0.39 is 0 Å². The fraction of sp³-hybridized carbons (Fsp3) is 0.348. The molecule has 0 saturated heterocycles. The summed E-state index contributed by atoms with van der Waals surface area (Å²) in [6.07, 6.45) is 3.33. The van der Waals surface area contributed by atoms with Crippen LogP contribution in [0.3, 0.4) is 0 Å². The van der Waals surface area contributed by atoms with Gasteiger partial charge in [0, 0.05) is 24.2 Å². The first-order valence-corrected chi connectivity index (χ1v) is 10.2. The van der Waals surface area contributed by atoms with Crippen molar-refractivity contribution in [1.29, 1.82) is 0 Å². The average molecular weight is 390 g/mol. The van der Waals surface area contributed by atoms with Crippen LogP contribution in [-0.4, -0.2) is 27.3 Å². The number of fused-ring (bicyclic) bond motifs is 1. The van der Waals surface area contributed by atoms with Gasteiger partial charge in [-0.3, -0.25) is 4.79 Å². The fourth-order valence-corrected chi connectivity index (χ4v) is 3.52. The summed E-state index contributed by atoms with van der Waals surface area (Å²) in [4.78, 5) is 12.2. The van der Waals surface area contributed by atoms with Crippen LogP contribution in [0.5, 0.6) is 5.75 Å². The van der Waals surface area contributed by atoms with Crippen LogP contribution < -0.4 is 10.1 Å². The van der Waals surface area contributed by atoms with Crippen molar-refractivity contribution in [2.75, 3.05) is 11.9 Å². The molecule has 1 N–H and O–H groups in total. The normalized spacial score (nSPS) is 13.2. The van der Waals surface area contributed by atoms with Gasteiger partial charge >= 0.3 is 0 Å². The molecule has 1 aromatic heterocycles. The van der Waals surface area contributed by atoms with Gasteiger partial charge in [-0.15, -0.1) is 10.2 Å². The van der Waals surface area contributed by atoms with Crippen LogP contribution in [-0.2, 0) is 17.8 Å². The first-order valence-electron chi connectivity index (χ1n) is 10.2. The van der Waals surface area contributed by atoms with Crippen molar-refractivity contribution in [1.82, 2.24) is 14.8 Å². The lowest BCUT2D eigenvalue weighted by atomic mass is 10.0. The van der Waals surface area contributed by atoms with Crippen molar-refractivity contribution >= 4 is 11.6 Å². The van der Waals surface area contributed by atoms with Crippen LogP contribution in [0.25, 0.3) is 11.4 Å². The van der Waals surface area contributed by atoms with E-state index in [2.05, 4.69) is 33.9 Å². The Balaban J connectivity index is 1.33. The molecule has 0 spiro atoms. The number of aromatic nitrogens is 3. The molecule has 6 nitrogen and oxygen atoms in total. The summed E-state index contributed by atoms with van der Waals surface area (Å²) >= 11 is 0.